The number of anilines is 2. The van der Waals surface area contributed by atoms with Crippen LogP contribution in [0, 0.1) is 0 Å². The summed E-state index contributed by atoms with van der Waals surface area (Å²) in [5.74, 6) is 0.691. The molecule has 2 heterocycles. The molecule has 5 aromatic rings. The van der Waals surface area contributed by atoms with Gasteiger partial charge in [0.2, 0.25) is 0 Å². The molecule has 146 valence electrons. The Hall–Kier alpha value is -3.70. The van der Waals surface area contributed by atoms with E-state index in [-0.39, 0.29) is 0 Å². The van der Waals surface area contributed by atoms with E-state index in [9.17, 15) is 0 Å². The van der Waals surface area contributed by atoms with Gasteiger partial charge in [0.15, 0.2) is 5.82 Å². The lowest BCUT2D eigenvalue weighted by atomic mass is 10.1. The fourth-order valence-electron chi connectivity index (χ4n) is 3.53. The standard InChI is InChI=1S/C24H18ClN5/c1-16(25)13-21-19-9-5-6-10-20(19)24(29-28-21)27-17-11-12-23-22(14-17)26-15-30(23)18-7-3-2-4-8-18/h2-15H,1H3,(H,27,29). The largest absolute Gasteiger partial charge is 0.338 e. The normalized spacial score (nSPS) is 11.9. The summed E-state index contributed by atoms with van der Waals surface area (Å²) in [6.07, 6.45) is 3.66. The van der Waals surface area contributed by atoms with E-state index in [0.29, 0.717) is 10.9 Å². The fraction of sp³-hybridized carbons (Fsp3) is 0.0417. The molecule has 5 rings (SSSR count). The zero-order valence-electron chi connectivity index (χ0n) is 16.2. The summed E-state index contributed by atoms with van der Waals surface area (Å²) in [7, 11) is 0. The molecule has 0 aliphatic rings. The van der Waals surface area contributed by atoms with Gasteiger partial charge in [0.1, 0.15) is 6.33 Å². The van der Waals surface area contributed by atoms with Crippen LogP contribution in [0.5, 0.6) is 0 Å². The maximum absolute atomic E-state index is 6.05. The predicted molar refractivity (Wildman–Crippen MR) is 123 cm³/mol. The molecule has 0 saturated carbocycles. The number of hydrogen-bond donors (Lipinski definition) is 1. The molecule has 30 heavy (non-hydrogen) atoms. The Morgan fingerprint density at radius 2 is 1.70 bits per heavy atom. The molecular weight excluding hydrogens is 394 g/mol. The molecule has 6 heteroatoms. The van der Waals surface area contributed by atoms with E-state index in [4.69, 9.17) is 11.6 Å². The summed E-state index contributed by atoms with van der Waals surface area (Å²) in [5.41, 5.74) is 4.67. The third kappa shape index (κ3) is 3.40. The first kappa shape index (κ1) is 18.3. The van der Waals surface area contributed by atoms with E-state index in [1.165, 1.54) is 0 Å². The number of hydrogen-bond acceptors (Lipinski definition) is 4. The number of para-hydroxylation sites is 1. The molecule has 0 aliphatic carbocycles. The predicted octanol–water partition coefficient (Wildman–Crippen LogP) is 6.31. The van der Waals surface area contributed by atoms with Gasteiger partial charge in [0.05, 0.1) is 16.7 Å². The molecular formula is C24H18ClN5. The van der Waals surface area contributed by atoms with E-state index in [1.54, 1.807) is 0 Å². The number of nitrogens with zero attached hydrogens (tertiary/aromatic N) is 4. The molecule has 5 nitrogen and oxygen atoms in total. The van der Waals surface area contributed by atoms with Crippen LogP contribution in [0.2, 0.25) is 0 Å². The Labute approximate surface area is 178 Å². The summed E-state index contributed by atoms with van der Waals surface area (Å²) >= 11 is 6.05. The summed E-state index contributed by atoms with van der Waals surface area (Å²) in [4.78, 5) is 4.57. The average molecular weight is 412 g/mol. The number of imidazole rings is 1. The monoisotopic (exact) mass is 411 g/mol. The van der Waals surface area contributed by atoms with Crippen LogP contribution in [0.3, 0.4) is 0 Å². The average Bonchev–Trinajstić information content (AvgIpc) is 3.19. The molecule has 0 aliphatic heterocycles. The van der Waals surface area contributed by atoms with Gasteiger partial charge in [-0.2, -0.15) is 0 Å². The van der Waals surface area contributed by atoms with E-state index >= 15 is 0 Å². The lowest BCUT2D eigenvalue weighted by Crippen LogP contribution is -1.99. The Balaban J connectivity index is 1.53. The van der Waals surface area contributed by atoms with Gasteiger partial charge in [-0.3, -0.25) is 4.57 Å². The van der Waals surface area contributed by atoms with Gasteiger partial charge < -0.3 is 5.32 Å². The van der Waals surface area contributed by atoms with Crippen LogP contribution in [0.4, 0.5) is 11.5 Å². The number of benzene rings is 3. The first-order chi connectivity index (χ1) is 14.7. The Kier molecular flexibility index (Phi) is 4.65. The summed E-state index contributed by atoms with van der Waals surface area (Å²) < 4.78 is 2.07. The zero-order chi connectivity index (χ0) is 20.5. The Morgan fingerprint density at radius 3 is 2.50 bits per heavy atom. The number of allylic oxidation sites excluding steroid dienone is 1. The van der Waals surface area contributed by atoms with E-state index in [1.807, 2.05) is 73.9 Å². The highest BCUT2D eigenvalue weighted by Gasteiger charge is 2.10. The van der Waals surface area contributed by atoms with Crippen molar-refractivity contribution in [2.75, 3.05) is 5.32 Å². The second-order valence-electron chi connectivity index (χ2n) is 6.99. The van der Waals surface area contributed by atoms with E-state index in [2.05, 4.69) is 43.3 Å². The minimum atomic E-state index is 0.662. The van der Waals surface area contributed by atoms with Gasteiger partial charge >= 0.3 is 0 Å². The topological polar surface area (TPSA) is 55.6 Å². The van der Waals surface area contributed by atoms with Crippen LogP contribution in [-0.4, -0.2) is 19.7 Å². The van der Waals surface area contributed by atoms with Crippen molar-refractivity contribution in [3.8, 4) is 5.69 Å². The number of rotatable bonds is 4. The van der Waals surface area contributed by atoms with Crippen LogP contribution in [-0.2, 0) is 0 Å². The quantitative estimate of drug-likeness (QED) is 0.376. The van der Waals surface area contributed by atoms with Crippen molar-refractivity contribution in [3.63, 3.8) is 0 Å². The number of aromatic nitrogens is 4. The molecule has 3 aromatic carbocycles. The summed E-state index contributed by atoms with van der Waals surface area (Å²) in [6.45, 7) is 1.83. The van der Waals surface area contributed by atoms with Gasteiger partial charge in [-0.05, 0) is 43.3 Å². The zero-order valence-corrected chi connectivity index (χ0v) is 17.0. The Morgan fingerprint density at radius 1 is 0.933 bits per heavy atom. The van der Waals surface area contributed by atoms with Crippen LogP contribution >= 0.6 is 11.6 Å². The molecule has 0 bridgehead atoms. The molecule has 0 saturated heterocycles. The lowest BCUT2D eigenvalue weighted by molar-refractivity contribution is 1.04. The number of halogens is 1. The SMILES string of the molecule is CC(Cl)=Cc1nnc(Nc2ccc3c(c2)ncn3-c2ccccc2)c2ccccc12. The van der Waals surface area contributed by atoms with Crippen molar-refractivity contribution < 1.29 is 0 Å². The molecule has 0 atom stereocenters. The maximum Gasteiger partial charge on any atom is 0.161 e. The van der Waals surface area contributed by atoms with E-state index < -0.39 is 0 Å². The molecule has 2 aromatic heterocycles. The minimum absolute atomic E-state index is 0.662. The minimum Gasteiger partial charge on any atom is -0.338 e. The van der Waals surface area contributed by atoms with Crippen LogP contribution < -0.4 is 5.32 Å². The maximum atomic E-state index is 6.05. The number of nitrogens with one attached hydrogen (secondary N) is 1. The third-order valence-electron chi connectivity index (χ3n) is 4.90. The van der Waals surface area contributed by atoms with Crippen molar-refractivity contribution in [2.24, 2.45) is 0 Å². The van der Waals surface area contributed by atoms with Crippen molar-refractivity contribution in [1.29, 1.82) is 0 Å². The highest BCUT2D eigenvalue weighted by molar-refractivity contribution is 6.31. The second kappa shape index (κ2) is 7.61. The van der Waals surface area contributed by atoms with Crippen molar-refractivity contribution in [3.05, 3.63) is 89.8 Å². The highest BCUT2D eigenvalue weighted by atomic mass is 35.5. The number of fused-ring (bicyclic) bond motifs is 2. The third-order valence-corrected chi connectivity index (χ3v) is 5.00. The van der Waals surface area contributed by atoms with Gasteiger partial charge in [0.25, 0.3) is 0 Å². The van der Waals surface area contributed by atoms with E-state index in [0.717, 1.165) is 38.9 Å². The van der Waals surface area contributed by atoms with Crippen molar-refractivity contribution in [1.82, 2.24) is 19.7 Å². The van der Waals surface area contributed by atoms with Crippen molar-refractivity contribution >= 4 is 51.0 Å². The first-order valence-electron chi connectivity index (χ1n) is 9.58. The summed E-state index contributed by atoms with van der Waals surface area (Å²) in [5, 5.41) is 14.8. The molecule has 0 amide bonds. The summed E-state index contributed by atoms with van der Waals surface area (Å²) in [6, 6.07) is 24.3. The highest BCUT2D eigenvalue weighted by Crippen LogP contribution is 2.28. The van der Waals surface area contributed by atoms with Gasteiger partial charge in [-0.15, -0.1) is 10.2 Å². The van der Waals surface area contributed by atoms with Gasteiger partial charge in [0, 0.05) is 27.2 Å². The van der Waals surface area contributed by atoms with Crippen LogP contribution in [0.1, 0.15) is 12.6 Å². The molecule has 0 spiro atoms. The van der Waals surface area contributed by atoms with Crippen LogP contribution in [0.25, 0.3) is 33.6 Å². The lowest BCUT2D eigenvalue weighted by Gasteiger charge is -2.10. The second-order valence-corrected chi connectivity index (χ2v) is 7.59. The van der Waals surface area contributed by atoms with Crippen molar-refractivity contribution in [2.45, 2.75) is 6.92 Å². The smallest absolute Gasteiger partial charge is 0.161 e. The molecule has 0 unspecified atom stereocenters. The van der Waals surface area contributed by atoms with Crippen LogP contribution in [0.15, 0.2) is 84.2 Å². The van der Waals surface area contributed by atoms with Gasteiger partial charge in [-0.25, -0.2) is 4.98 Å². The Bertz CT molecular complexity index is 1390. The first-order valence-corrected chi connectivity index (χ1v) is 9.95. The molecule has 1 N–H and O–H groups in total. The molecule has 0 radical (unpaired) electrons. The molecule has 0 fully saturated rings. The van der Waals surface area contributed by atoms with Gasteiger partial charge in [-0.1, -0.05) is 54.1 Å². The fourth-order valence-corrected chi connectivity index (χ4v) is 3.64.